The van der Waals surface area contributed by atoms with Crippen molar-refractivity contribution in [2.45, 2.75) is 33.1 Å². The van der Waals surface area contributed by atoms with E-state index in [4.69, 9.17) is 10.5 Å². The normalized spacial score (nSPS) is 38.2. The Morgan fingerprint density at radius 3 is 2.35 bits per heavy atom. The molecule has 0 aromatic rings. The van der Waals surface area contributed by atoms with Crippen molar-refractivity contribution in [1.29, 1.82) is 0 Å². The number of carbonyl (C=O) groups excluding carboxylic acids is 2. The zero-order valence-electron chi connectivity index (χ0n) is 10.6. The van der Waals surface area contributed by atoms with E-state index in [1.807, 2.05) is 13.8 Å². The molecule has 2 fully saturated rings. The van der Waals surface area contributed by atoms with Gasteiger partial charge in [-0.25, -0.2) is 0 Å². The van der Waals surface area contributed by atoms with E-state index < -0.39 is 16.2 Å². The Hall–Kier alpha value is -1.32. The van der Waals surface area contributed by atoms with Crippen LogP contribution in [0.25, 0.3) is 0 Å². The molecule has 2 N–H and O–H groups in total. The maximum atomic E-state index is 12.1. The summed E-state index contributed by atoms with van der Waals surface area (Å²) < 4.78 is 4.93. The molecule has 2 atom stereocenters. The Bertz CT molecular complexity index is 426. The fourth-order valence-corrected chi connectivity index (χ4v) is 3.78. The number of fused-ring (bicyclic) bond motifs is 2. The molecule has 0 spiro atoms. The van der Waals surface area contributed by atoms with Gasteiger partial charge in [0.2, 0.25) is 5.91 Å². The van der Waals surface area contributed by atoms with Gasteiger partial charge < -0.3 is 10.5 Å². The molecular weight excluding hydrogens is 218 g/mol. The highest BCUT2D eigenvalue weighted by Gasteiger charge is 2.71. The molecule has 2 bridgehead atoms. The second-order valence-electron chi connectivity index (χ2n) is 5.80. The molecule has 0 aliphatic heterocycles. The minimum atomic E-state index is -0.711. The number of rotatable bonds is 2. The lowest BCUT2D eigenvalue weighted by atomic mass is 9.61. The number of nitrogens with two attached hydrogens (primary N) is 1. The Morgan fingerprint density at radius 1 is 1.35 bits per heavy atom. The molecule has 1 amide bonds. The second kappa shape index (κ2) is 3.12. The number of hydrogen-bond donors (Lipinski definition) is 1. The molecule has 2 saturated carbocycles. The van der Waals surface area contributed by atoms with Crippen LogP contribution in [0.2, 0.25) is 0 Å². The van der Waals surface area contributed by atoms with E-state index >= 15 is 0 Å². The van der Waals surface area contributed by atoms with Crippen molar-refractivity contribution in [3.05, 3.63) is 12.2 Å². The summed E-state index contributed by atoms with van der Waals surface area (Å²) in [7, 11) is 1.39. The summed E-state index contributed by atoms with van der Waals surface area (Å²) in [5.74, 6) is -0.608. The van der Waals surface area contributed by atoms with Gasteiger partial charge >= 0.3 is 5.97 Å². The van der Waals surface area contributed by atoms with Crippen LogP contribution < -0.4 is 5.73 Å². The highest BCUT2D eigenvalue weighted by Crippen LogP contribution is 2.72. The molecular formula is C13H19NO3. The van der Waals surface area contributed by atoms with Crippen molar-refractivity contribution in [3.8, 4) is 0 Å². The molecule has 0 heterocycles. The fourth-order valence-electron chi connectivity index (χ4n) is 3.78. The quantitative estimate of drug-likeness (QED) is 0.583. The van der Waals surface area contributed by atoms with Crippen molar-refractivity contribution in [1.82, 2.24) is 0 Å². The number of primary amides is 1. The van der Waals surface area contributed by atoms with Crippen LogP contribution >= 0.6 is 0 Å². The summed E-state index contributed by atoms with van der Waals surface area (Å²) in [6.45, 7) is 7.95. The standard InChI is InChI=1S/C13H19NO3/c1-8-11(2,3)13(10(16)17-4)6-5-12(8,7-13)9(14)15/h1,5-7H2,2-4H3,(H2,14,15)/t12-,13-/m0/s1. The van der Waals surface area contributed by atoms with Crippen molar-refractivity contribution in [2.24, 2.45) is 22.0 Å². The molecule has 17 heavy (non-hydrogen) atoms. The van der Waals surface area contributed by atoms with Gasteiger partial charge in [-0.15, -0.1) is 0 Å². The van der Waals surface area contributed by atoms with Gasteiger partial charge in [-0.1, -0.05) is 26.0 Å². The van der Waals surface area contributed by atoms with E-state index in [9.17, 15) is 9.59 Å². The number of methoxy groups -OCH3 is 1. The summed E-state index contributed by atoms with van der Waals surface area (Å²) >= 11 is 0. The lowest BCUT2D eigenvalue weighted by Crippen LogP contribution is -2.43. The first-order chi connectivity index (χ1) is 7.74. The van der Waals surface area contributed by atoms with Crippen molar-refractivity contribution >= 4 is 11.9 Å². The van der Waals surface area contributed by atoms with E-state index in [-0.39, 0.29) is 11.9 Å². The topological polar surface area (TPSA) is 69.4 Å². The van der Waals surface area contributed by atoms with Crippen LogP contribution in [0.4, 0.5) is 0 Å². The molecule has 0 radical (unpaired) electrons. The van der Waals surface area contributed by atoms with Crippen LogP contribution in [0, 0.1) is 16.2 Å². The predicted molar refractivity (Wildman–Crippen MR) is 62.8 cm³/mol. The third kappa shape index (κ3) is 1.08. The van der Waals surface area contributed by atoms with Gasteiger partial charge in [0.25, 0.3) is 0 Å². The van der Waals surface area contributed by atoms with Crippen LogP contribution in [0.3, 0.4) is 0 Å². The summed E-state index contributed by atoms with van der Waals surface area (Å²) in [5.41, 5.74) is 4.54. The van der Waals surface area contributed by atoms with Gasteiger partial charge in [-0.3, -0.25) is 9.59 Å². The maximum Gasteiger partial charge on any atom is 0.312 e. The monoisotopic (exact) mass is 237 g/mol. The average molecular weight is 237 g/mol. The molecule has 0 aromatic heterocycles. The van der Waals surface area contributed by atoms with Crippen LogP contribution in [0.5, 0.6) is 0 Å². The maximum absolute atomic E-state index is 12.1. The molecule has 2 aliphatic rings. The predicted octanol–water partition coefficient (Wildman–Crippen LogP) is 1.40. The minimum Gasteiger partial charge on any atom is -0.469 e. The first kappa shape index (κ1) is 12.1. The molecule has 4 heteroatoms. The van der Waals surface area contributed by atoms with Crippen LogP contribution in [0.1, 0.15) is 33.1 Å². The SMILES string of the molecule is C=C1C(C)(C)[C@@]2(C(=O)OC)CC[C@]1(C(N)=O)C2. The first-order valence-electron chi connectivity index (χ1n) is 5.83. The van der Waals surface area contributed by atoms with Gasteiger partial charge in [-0.05, 0) is 19.3 Å². The van der Waals surface area contributed by atoms with E-state index in [0.717, 1.165) is 5.57 Å². The molecule has 2 rings (SSSR count). The van der Waals surface area contributed by atoms with Crippen molar-refractivity contribution in [3.63, 3.8) is 0 Å². The lowest BCUT2D eigenvalue weighted by molar-refractivity contribution is -0.157. The molecule has 4 nitrogen and oxygen atoms in total. The molecule has 0 saturated heterocycles. The number of ether oxygens (including phenoxy) is 1. The Morgan fingerprint density at radius 2 is 1.94 bits per heavy atom. The first-order valence-corrected chi connectivity index (χ1v) is 5.83. The van der Waals surface area contributed by atoms with E-state index in [1.54, 1.807) is 0 Å². The van der Waals surface area contributed by atoms with Gasteiger partial charge in [0.1, 0.15) is 0 Å². The smallest absolute Gasteiger partial charge is 0.312 e. The van der Waals surface area contributed by atoms with Gasteiger partial charge in [0.15, 0.2) is 0 Å². The van der Waals surface area contributed by atoms with Gasteiger partial charge in [0, 0.05) is 5.41 Å². The van der Waals surface area contributed by atoms with Gasteiger partial charge in [0.05, 0.1) is 17.9 Å². The minimum absolute atomic E-state index is 0.246. The van der Waals surface area contributed by atoms with Crippen LogP contribution in [-0.2, 0) is 14.3 Å². The van der Waals surface area contributed by atoms with E-state index in [1.165, 1.54) is 7.11 Å². The second-order valence-corrected chi connectivity index (χ2v) is 5.80. The summed E-state index contributed by atoms with van der Waals surface area (Å²) in [6.07, 6.45) is 1.71. The third-order valence-electron chi connectivity index (χ3n) is 5.16. The number of esters is 1. The highest BCUT2D eigenvalue weighted by atomic mass is 16.5. The number of carbonyl (C=O) groups is 2. The average Bonchev–Trinajstić information content (AvgIpc) is 2.75. The Kier molecular flexibility index (Phi) is 2.23. The lowest BCUT2D eigenvalue weighted by Gasteiger charge is -2.42. The van der Waals surface area contributed by atoms with Crippen LogP contribution in [-0.4, -0.2) is 19.0 Å². The van der Waals surface area contributed by atoms with Gasteiger partial charge in [-0.2, -0.15) is 0 Å². The molecule has 0 unspecified atom stereocenters. The number of hydrogen-bond acceptors (Lipinski definition) is 3. The van der Waals surface area contributed by atoms with Crippen LogP contribution in [0.15, 0.2) is 12.2 Å². The largest absolute Gasteiger partial charge is 0.469 e. The summed E-state index contributed by atoms with van der Waals surface area (Å²) in [4.78, 5) is 23.8. The van der Waals surface area contributed by atoms with E-state index in [0.29, 0.717) is 19.3 Å². The van der Waals surface area contributed by atoms with E-state index in [2.05, 4.69) is 6.58 Å². The zero-order chi connectivity index (χ0) is 13.1. The highest BCUT2D eigenvalue weighted by molar-refractivity contribution is 5.91. The number of amides is 1. The third-order valence-corrected chi connectivity index (χ3v) is 5.16. The molecule has 0 aromatic carbocycles. The fraction of sp³-hybridized carbons (Fsp3) is 0.692. The Labute approximate surface area is 101 Å². The van der Waals surface area contributed by atoms with Crippen molar-refractivity contribution < 1.29 is 14.3 Å². The molecule has 94 valence electrons. The molecule has 2 aliphatic carbocycles. The summed E-state index contributed by atoms with van der Waals surface area (Å²) in [5, 5.41) is 0. The van der Waals surface area contributed by atoms with Crippen molar-refractivity contribution in [2.75, 3.05) is 7.11 Å². The summed E-state index contributed by atoms with van der Waals surface area (Å²) in [6, 6.07) is 0. The Balaban J connectivity index is 2.57. The zero-order valence-corrected chi connectivity index (χ0v) is 10.6.